The Labute approximate surface area is 402 Å². The van der Waals surface area contributed by atoms with Gasteiger partial charge < -0.3 is 39.7 Å². The average Bonchev–Trinajstić information content (AvgIpc) is 3.73. The fourth-order valence-electron chi connectivity index (χ4n) is 9.51. The molecule has 356 valence electrons. The zero-order chi connectivity index (χ0) is 48.5. The van der Waals surface area contributed by atoms with E-state index >= 15 is 0 Å². The van der Waals surface area contributed by atoms with Gasteiger partial charge in [0.15, 0.2) is 11.7 Å². The molecule has 5 heterocycles. The van der Waals surface area contributed by atoms with E-state index in [0.29, 0.717) is 86.4 Å². The van der Waals surface area contributed by atoms with Crippen molar-refractivity contribution in [3.63, 3.8) is 0 Å². The number of nitriles is 1. The summed E-state index contributed by atoms with van der Waals surface area (Å²) >= 11 is 6.76. The highest BCUT2D eigenvalue weighted by molar-refractivity contribution is 6.36. The quantitative estimate of drug-likeness (QED) is 0.111. The third kappa shape index (κ3) is 9.39. The van der Waals surface area contributed by atoms with Gasteiger partial charge in [0.05, 0.1) is 47.0 Å². The molecule has 1 atom stereocenters. The maximum atomic E-state index is 14.0. The van der Waals surface area contributed by atoms with Crippen molar-refractivity contribution >= 4 is 45.7 Å². The Hall–Kier alpha value is -7.49. The molecule has 4 aromatic carbocycles. The van der Waals surface area contributed by atoms with Crippen LogP contribution in [0.1, 0.15) is 53.4 Å². The van der Waals surface area contributed by atoms with Gasteiger partial charge in [-0.25, -0.2) is 8.96 Å². The van der Waals surface area contributed by atoms with E-state index in [2.05, 4.69) is 38.7 Å². The number of anilines is 2. The zero-order valence-electron chi connectivity index (χ0n) is 38.2. The van der Waals surface area contributed by atoms with Crippen molar-refractivity contribution in [2.75, 3.05) is 75.3 Å². The van der Waals surface area contributed by atoms with Crippen LogP contribution >= 0.6 is 11.6 Å². The van der Waals surface area contributed by atoms with E-state index in [1.54, 1.807) is 35.2 Å². The first kappa shape index (κ1) is 46.6. The second kappa shape index (κ2) is 19.6. The van der Waals surface area contributed by atoms with Gasteiger partial charge in [0.25, 0.3) is 11.8 Å². The Morgan fingerprint density at radius 2 is 1.68 bits per heavy atom. The maximum Gasteiger partial charge on any atom is 0.319 e. The summed E-state index contributed by atoms with van der Waals surface area (Å²) in [6.07, 6.45) is 0.624. The van der Waals surface area contributed by atoms with Gasteiger partial charge >= 0.3 is 12.0 Å². The van der Waals surface area contributed by atoms with Crippen molar-refractivity contribution < 1.29 is 34.0 Å². The van der Waals surface area contributed by atoms with Crippen molar-refractivity contribution in [3.05, 3.63) is 113 Å². The number of benzene rings is 4. The molecule has 0 aliphatic carbocycles. The molecule has 6 aromatic rings. The lowest BCUT2D eigenvalue weighted by Gasteiger charge is -2.42. The van der Waals surface area contributed by atoms with Crippen molar-refractivity contribution in [1.29, 1.82) is 5.26 Å². The largest absolute Gasteiger partial charge is 0.508 e. The summed E-state index contributed by atoms with van der Waals surface area (Å²) in [4.78, 5) is 46.0. The summed E-state index contributed by atoms with van der Waals surface area (Å²) < 4.78 is 21.7. The van der Waals surface area contributed by atoms with Gasteiger partial charge in [0, 0.05) is 87.2 Å². The van der Waals surface area contributed by atoms with Gasteiger partial charge in [-0.1, -0.05) is 61.4 Å². The van der Waals surface area contributed by atoms with Gasteiger partial charge in [-0.15, -0.1) is 5.10 Å². The number of hydrogen-bond donors (Lipinski definition) is 3. The molecule has 17 nitrogen and oxygen atoms in total. The van der Waals surface area contributed by atoms with Crippen LogP contribution in [0.25, 0.3) is 27.8 Å². The minimum Gasteiger partial charge on any atom is -0.508 e. The van der Waals surface area contributed by atoms with Crippen LogP contribution in [0.5, 0.6) is 23.5 Å². The Balaban J connectivity index is 0.870. The van der Waals surface area contributed by atoms with Gasteiger partial charge in [0.2, 0.25) is 0 Å². The minimum absolute atomic E-state index is 0.0123. The average molecular weight is 956 g/mol. The van der Waals surface area contributed by atoms with Crippen molar-refractivity contribution in [2.45, 2.75) is 45.2 Å². The van der Waals surface area contributed by atoms with Crippen LogP contribution in [0, 0.1) is 11.3 Å². The fourth-order valence-corrected chi connectivity index (χ4v) is 9.79. The summed E-state index contributed by atoms with van der Waals surface area (Å²) in [5.74, 6) is -1.52. The number of hydrogen-bond acceptors (Lipinski definition) is 14. The molecule has 2 aromatic heterocycles. The number of halogens is 2. The third-order valence-corrected chi connectivity index (χ3v) is 13.4. The fraction of sp³-hybridized carbons (Fsp3) is 0.340. The highest BCUT2D eigenvalue weighted by Gasteiger charge is 2.35. The molecule has 0 saturated carbocycles. The number of carbonyl (C=O) groups excluding carboxylic acids is 2. The standard InChI is InChI=1S/C50H51ClFN11O6/c1-30(2)37-26-38(43(65)27-42(37)64)46-56-57-50(68)63(46)34-12-10-33(11-13-34)48(67)59-20-18-58(19-21-59)24-25-69-49-54-40-29-60(41-9-5-7-32-6-4-8-39(51)44(32)41)17-15-36(40)45(55-49)61-22-23-62(47(66)31(3)52)35(28-61)14-16-53/h4-13,26-27,30,35,64-65H,3,14-15,17-25,28-29H2,1-2H3,(H,57,68)/t35-/m0/s1. The van der Waals surface area contributed by atoms with E-state index in [9.17, 15) is 34.6 Å². The second-order valence-electron chi connectivity index (χ2n) is 17.7. The molecule has 2 saturated heterocycles. The molecule has 2 fully saturated rings. The van der Waals surface area contributed by atoms with Gasteiger partial charge in [-0.2, -0.15) is 15.2 Å². The number of fused-ring (bicyclic) bond motifs is 2. The number of nitrogens with zero attached hydrogens (tertiary/aromatic N) is 11. The number of amides is 2. The molecule has 3 N–H and O–H groups in total. The summed E-state index contributed by atoms with van der Waals surface area (Å²) in [5, 5.41) is 52.0. The SMILES string of the molecule is C=C(F)C(=O)N1CCN(c2nc(OCCN3CCN(C(=O)c4ccc(-n5c(O)nnc5-c5cc(C(C)C)c(O)cc5O)cc4)CC3)nc3c2CCN(c2cccc4cccc(Cl)c24)C3)C[C@@H]1CC#N. The number of piperazine rings is 2. The molecule has 3 aliphatic heterocycles. The Bertz CT molecular complexity index is 2980. The number of phenolic OH excluding ortho intramolecular Hbond substituents is 2. The molecule has 0 radical (unpaired) electrons. The van der Waals surface area contributed by atoms with Crippen LogP contribution in [0.3, 0.4) is 0 Å². The van der Waals surface area contributed by atoms with Crippen LogP contribution in [-0.4, -0.2) is 138 Å². The number of ether oxygens (including phenoxy) is 1. The number of rotatable bonds is 12. The lowest BCUT2D eigenvalue weighted by Crippen LogP contribution is -2.55. The molecule has 3 aliphatic rings. The summed E-state index contributed by atoms with van der Waals surface area (Å²) in [5.41, 5.74) is 4.53. The molecule has 0 spiro atoms. The van der Waals surface area contributed by atoms with E-state index in [0.717, 1.165) is 27.7 Å². The first-order chi connectivity index (χ1) is 33.3. The van der Waals surface area contributed by atoms with Crippen LogP contribution in [-0.2, 0) is 17.8 Å². The monoisotopic (exact) mass is 955 g/mol. The maximum absolute atomic E-state index is 14.0. The molecular weight excluding hydrogens is 905 g/mol. The summed E-state index contributed by atoms with van der Waals surface area (Å²) in [6, 6.07) is 22.9. The normalized spacial score (nSPS) is 16.4. The van der Waals surface area contributed by atoms with Crippen LogP contribution in [0.15, 0.2) is 85.2 Å². The highest BCUT2D eigenvalue weighted by atomic mass is 35.5. The molecule has 2 amide bonds. The van der Waals surface area contributed by atoms with E-state index in [-0.39, 0.29) is 66.8 Å². The molecule has 0 unspecified atom stereocenters. The van der Waals surface area contributed by atoms with Gasteiger partial charge in [-0.05, 0) is 65.8 Å². The highest BCUT2D eigenvalue weighted by Crippen LogP contribution is 2.40. The number of phenols is 2. The van der Waals surface area contributed by atoms with Crippen molar-refractivity contribution in [2.24, 2.45) is 0 Å². The number of carbonyl (C=O) groups is 2. The molecule has 69 heavy (non-hydrogen) atoms. The third-order valence-electron chi connectivity index (χ3n) is 13.1. The van der Waals surface area contributed by atoms with Crippen LogP contribution in [0.2, 0.25) is 5.02 Å². The zero-order valence-corrected chi connectivity index (χ0v) is 39.0. The summed E-state index contributed by atoms with van der Waals surface area (Å²) in [7, 11) is 0. The Morgan fingerprint density at radius 1 is 0.928 bits per heavy atom. The van der Waals surface area contributed by atoms with E-state index in [1.165, 1.54) is 15.5 Å². The number of aromatic hydroxyl groups is 3. The summed E-state index contributed by atoms with van der Waals surface area (Å²) in [6.45, 7) is 11.9. The molecule has 9 rings (SSSR count). The lowest BCUT2D eigenvalue weighted by atomic mass is 9.98. The molecule has 19 heteroatoms. The van der Waals surface area contributed by atoms with Crippen LogP contribution in [0.4, 0.5) is 15.9 Å². The topological polar surface area (TPSA) is 201 Å². The van der Waals surface area contributed by atoms with E-state index < -0.39 is 23.8 Å². The Kier molecular flexibility index (Phi) is 13.3. The predicted molar refractivity (Wildman–Crippen MR) is 258 cm³/mol. The molecular formula is C50H51ClFN11O6. The van der Waals surface area contributed by atoms with Crippen molar-refractivity contribution in [3.8, 4) is 46.7 Å². The first-order valence-electron chi connectivity index (χ1n) is 22.8. The van der Waals surface area contributed by atoms with Crippen molar-refractivity contribution in [1.82, 2.24) is 39.4 Å². The van der Waals surface area contributed by atoms with Gasteiger partial charge in [0.1, 0.15) is 23.9 Å². The van der Waals surface area contributed by atoms with Gasteiger partial charge in [-0.3, -0.25) is 14.5 Å². The Morgan fingerprint density at radius 3 is 2.41 bits per heavy atom. The number of aromatic nitrogens is 5. The second-order valence-corrected chi connectivity index (χ2v) is 18.1. The molecule has 0 bridgehead atoms. The lowest BCUT2D eigenvalue weighted by molar-refractivity contribution is -0.131. The minimum atomic E-state index is -1.06. The van der Waals surface area contributed by atoms with E-state index in [4.69, 9.17) is 26.3 Å². The van der Waals surface area contributed by atoms with Crippen LogP contribution < -0.4 is 14.5 Å². The first-order valence-corrected chi connectivity index (χ1v) is 23.2. The predicted octanol–water partition coefficient (Wildman–Crippen LogP) is 6.58. The van der Waals surface area contributed by atoms with E-state index in [1.807, 2.05) is 49.1 Å². The smallest absolute Gasteiger partial charge is 0.319 e.